The lowest BCUT2D eigenvalue weighted by Crippen LogP contribution is -2.28. The Morgan fingerprint density at radius 2 is 1.85 bits per heavy atom. The smallest absolute Gasteiger partial charge is 0.269 e. The molecule has 1 amide bonds. The zero-order valence-electron chi connectivity index (χ0n) is 15.8. The maximum absolute atomic E-state index is 12.7. The van der Waals surface area contributed by atoms with Crippen molar-refractivity contribution in [1.82, 2.24) is 15.1 Å². The van der Waals surface area contributed by atoms with Crippen LogP contribution in [0.2, 0.25) is 0 Å². The van der Waals surface area contributed by atoms with Crippen LogP contribution in [0, 0.1) is 0 Å². The number of benzene rings is 2. The molecule has 0 radical (unpaired) electrons. The fourth-order valence-corrected chi connectivity index (χ4v) is 3.03. The van der Waals surface area contributed by atoms with Crippen LogP contribution in [-0.4, -0.2) is 29.3 Å². The molecule has 5 heteroatoms. The second-order valence-corrected chi connectivity index (χ2v) is 6.33. The van der Waals surface area contributed by atoms with Gasteiger partial charge in [0.15, 0.2) is 0 Å². The summed E-state index contributed by atoms with van der Waals surface area (Å²) in [4.78, 5) is 12.7. The van der Waals surface area contributed by atoms with Crippen molar-refractivity contribution in [3.8, 4) is 17.0 Å². The quantitative estimate of drug-likeness (QED) is 0.659. The van der Waals surface area contributed by atoms with Gasteiger partial charge in [-0.1, -0.05) is 49.4 Å². The normalized spacial score (nSPS) is 10.6. The van der Waals surface area contributed by atoms with Crippen molar-refractivity contribution < 1.29 is 9.53 Å². The van der Waals surface area contributed by atoms with E-state index in [1.807, 2.05) is 48.5 Å². The monoisotopic (exact) mass is 363 g/mol. The van der Waals surface area contributed by atoms with E-state index in [-0.39, 0.29) is 5.91 Å². The maximum atomic E-state index is 12.7. The van der Waals surface area contributed by atoms with Crippen LogP contribution in [0.15, 0.2) is 60.7 Å². The van der Waals surface area contributed by atoms with E-state index in [1.54, 1.807) is 11.8 Å². The predicted octanol–water partition coefficient (Wildman–Crippen LogP) is 3.94. The van der Waals surface area contributed by atoms with E-state index in [0.717, 1.165) is 29.8 Å². The molecule has 0 unspecified atom stereocenters. The molecule has 0 saturated heterocycles. The lowest BCUT2D eigenvalue weighted by molar-refractivity contribution is 0.0943. The van der Waals surface area contributed by atoms with Gasteiger partial charge in [0.1, 0.15) is 11.4 Å². The molecule has 1 heterocycles. The van der Waals surface area contributed by atoms with Gasteiger partial charge in [0, 0.05) is 18.7 Å². The number of aryl methyl sites for hydroxylation is 1. The molecule has 0 aliphatic rings. The lowest BCUT2D eigenvalue weighted by Gasteiger charge is -2.07. The summed E-state index contributed by atoms with van der Waals surface area (Å²) in [6.45, 7) is 3.35. The fraction of sp³-hybridized carbons (Fsp3) is 0.273. The molecule has 3 rings (SSSR count). The summed E-state index contributed by atoms with van der Waals surface area (Å²) in [5.74, 6) is 0.641. The minimum absolute atomic E-state index is 0.104. The third-order valence-electron chi connectivity index (χ3n) is 4.37. The predicted molar refractivity (Wildman–Crippen MR) is 107 cm³/mol. The molecule has 0 fully saturated rings. The lowest BCUT2D eigenvalue weighted by atomic mass is 10.1. The van der Waals surface area contributed by atoms with Gasteiger partial charge < -0.3 is 10.1 Å². The van der Waals surface area contributed by atoms with Crippen molar-refractivity contribution in [2.45, 2.75) is 26.3 Å². The Balaban J connectivity index is 1.77. The number of hydrogen-bond donors (Lipinski definition) is 1. The molecule has 0 aliphatic heterocycles. The Morgan fingerprint density at radius 1 is 1.11 bits per heavy atom. The van der Waals surface area contributed by atoms with Crippen LogP contribution in [0.4, 0.5) is 0 Å². The fourth-order valence-electron chi connectivity index (χ4n) is 3.03. The number of rotatable bonds is 8. The van der Waals surface area contributed by atoms with Crippen LogP contribution < -0.4 is 10.1 Å². The first-order valence-electron chi connectivity index (χ1n) is 9.26. The summed E-state index contributed by atoms with van der Waals surface area (Å²) in [7, 11) is 1.64. The zero-order valence-corrected chi connectivity index (χ0v) is 15.8. The number of nitrogens with zero attached hydrogens (tertiary/aromatic N) is 2. The van der Waals surface area contributed by atoms with Crippen LogP contribution in [0.3, 0.4) is 0 Å². The molecule has 0 aliphatic carbocycles. The first-order valence-corrected chi connectivity index (χ1v) is 9.26. The standard InChI is InChI=1S/C22H25N3O2/c1-3-15-25-20(22(26)23-14-13-17-9-5-4-6-10-17)16-19(24-25)18-11-7-8-12-21(18)27-2/h4-12,16H,3,13-15H2,1-2H3,(H,23,26). The summed E-state index contributed by atoms with van der Waals surface area (Å²) < 4.78 is 7.21. The SMILES string of the molecule is CCCn1nc(-c2ccccc2OC)cc1C(=O)NCCc1ccccc1. The average Bonchev–Trinajstić information content (AvgIpc) is 3.13. The van der Waals surface area contributed by atoms with Crippen LogP contribution in [-0.2, 0) is 13.0 Å². The van der Waals surface area contributed by atoms with Crippen molar-refractivity contribution in [2.24, 2.45) is 0 Å². The van der Waals surface area contributed by atoms with Gasteiger partial charge in [-0.2, -0.15) is 5.10 Å². The van der Waals surface area contributed by atoms with Gasteiger partial charge in [0.25, 0.3) is 5.91 Å². The van der Waals surface area contributed by atoms with E-state index in [2.05, 4.69) is 29.5 Å². The number of para-hydroxylation sites is 1. The van der Waals surface area contributed by atoms with Gasteiger partial charge in [-0.25, -0.2) is 0 Å². The zero-order chi connectivity index (χ0) is 19.1. The topological polar surface area (TPSA) is 56.2 Å². The van der Waals surface area contributed by atoms with Crippen LogP contribution in [0.5, 0.6) is 5.75 Å². The van der Waals surface area contributed by atoms with Crippen molar-refractivity contribution >= 4 is 5.91 Å². The molecule has 0 atom stereocenters. The summed E-state index contributed by atoms with van der Waals surface area (Å²) in [5.41, 5.74) is 3.41. The molecule has 1 aromatic heterocycles. The Kier molecular flexibility index (Phi) is 6.26. The Morgan fingerprint density at radius 3 is 2.59 bits per heavy atom. The van der Waals surface area contributed by atoms with Crippen molar-refractivity contribution in [3.05, 3.63) is 71.9 Å². The minimum Gasteiger partial charge on any atom is -0.496 e. The maximum Gasteiger partial charge on any atom is 0.269 e. The van der Waals surface area contributed by atoms with E-state index < -0.39 is 0 Å². The molecule has 1 N–H and O–H groups in total. The van der Waals surface area contributed by atoms with Gasteiger partial charge in [-0.15, -0.1) is 0 Å². The summed E-state index contributed by atoms with van der Waals surface area (Å²) in [6.07, 6.45) is 1.70. The van der Waals surface area contributed by atoms with Crippen LogP contribution >= 0.6 is 0 Å². The van der Waals surface area contributed by atoms with Crippen LogP contribution in [0.25, 0.3) is 11.3 Å². The molecule has 27 heavy (non-hydrogen) atoms. The molecule has 0 bridgehead atoms. The van der Waals surface area contributed by atoms with E-state index >= 15 is 0 Å². The number of hydrogen-bond acceptors (Lipinski definition) is 3. The van der Waals surface area contributed by atoms with Gasteiger partial charge in [0.05, 0.1) is 12.8 Å². The third-order valence-corrected chi connectivity index (χ3v) is 4.37. The van der Waals surface area contributed by atoms with Gasteiger partial charge in [-0.05, 0) is 36.6 Å². The number of amides is 1. The van der Waals surface area contributed by atoms with Gasteiger partial charge in [-0.3, -0.25) is 9.48 Å². The Labute approximate surface area is 160 Å². The largest absolute Gasteiger partial charge is 0.496 e. The second-order valence-electron chi connectivity index (χ2n) is 6.33. The molecular formula is C22H25N3O2. The van der Waals surface area contributed by atoms with E-state index in [9.17, 15) is 4.79 Å². The number of ether oxygens (including phenoxy) is 1. The highest BCUT2D eigenvalue weighted by molar-refractivity contribution is 5.94. The molecule has 0 spiro atoms. The van der Waals surface area contributed by atoms with E-state index in [0.29, 0.717) is 18.8 Å². The minimum atomic E-state index is -0.104. The van der Waals surface area contributed by atoms with E-state index in [1.165, 1.54) is 5.56 Å². The molecule has 140 valence electrons. The third kappa shape index (κ3) is 4.56. The van der Waals surface area contributed by atoms with Crippen molar-refractivity contribution in [2.75, 3.05) is 13.7 Å². The highest BCUT2D eigenvalue weighted by atomic mass is 16.5. The number of carbonyl (C=O) groups excluding carboxylic acids is 1. The van der Waals surface area contributed by atoms with Crippen molar-refractivity contribution in [3.63, 3.8) is 0 Å². The molecular weight excluding hydrogens is 338 g/mol. The molecule has 5 nitrogen and oxygen atoms in total. The summed E-state index contributed by atoms with van der Waals surface area (Å²) in [5, 5.41) is 7.65. The summed E-state index contributed by atoms with van der Waals surface area (Å²) >= 11 is 0. The highest BCUT2D eigenvalue weighted by Gasteiger charge is 2.17. The number of aromatic nitrogens is 2. The molecule has 3 aromatic rings. The number of methoxy groups -OCH3 is 1. The highest BCUT2D eigenvalue weighted by Crippen LogP contribution is 2.29. The van der Waals surface area contributed by atoms with Gasteiger partial charge >= 0.3 is 0 Å². The van der Waals surface area contributed by atoms with Gasteiger partial charge in [0.2, 0.25) is 0 Å². The Bertz CT molecular complexity index is 888. The summed E-state index contributed by atoms with van der Waals surface area (Å²) in [6, 6.07) is 19.7. The number of nitrogens with one attached hydrogen (secondary N) is 1. The molecule has 2 aromatic carbocycles. The number of carbonyl (C=O) groups is 1. The molecule has 0 saturated carbocycles. The van der Waals surface area contributed by atoms with Crippen LogP contribution in [0.1, 0.15) is 29.4 Å². The van der Waals surface area contributed by atoms with E-state index in [4.69, 9.17) is 4.74 Å². The first kappa shape index (κ1) is 18.7. The average molecular weight is 363 g/mol. The Hall–Kier alpha value is -3.08. The first-order chi connectivity index (χ1) is 13.2. The second kappa shape index (κ2) is 9.03. The van der Waals surface area contributed by atoms with Crippen molar-refractivity contribution in [1.29, 1.82) is 0 Å².